The number of benzene rings is 1. The Balaban J connectivity index is 1.92. The minimum Gasteiger partial charge on any atom is -0.481 e. The molecule has 1 amide bonds. The van der Waals surface area contributed by atoms with Gasteiger partial charge in [-0.2, -0.15) is 5.10 Å². The van der Waals surface area contributed by atoms with Crippen molar-refractivity contribution >= 4 is 35.0 Å². The molecule has 0 unspecified atom stereocenters. The first-order chi connectivity index (χ1) is 12.8. The maximum absolute atomic E-state index is 12.2. The number of nitro groups is 1. The van der Waals surface area contributed by atoms with Gasteiger partial charge >= 0.3 is 11.7 Å². The summed E-state index contributed by atoms with van der Waals surface area (Å²) in [6.45, 7) is 3.41. The fourth-order valence-corrected chi connectivity index (χ4v) is 3.29. The number of aliphatic carboxylic acids is 1. The molecule has 0 fully saturated rings. The van der Waals surface area contributed by atoms with Crippen molar-refractivity contribution < 1.29 is 19.6 Å². The van der Waals surface area contributed by atoms with Gasteiger partial charge in [-0.3, -0.25) is 24.4 Å². The van der Waals surface area contributed by atoms with E-state index in [0.717, 1.165) is 5.56 Å². The van der Waals surface area contributed by atoms with E-state index in [1.807, 2.05) is 6.07 Å². The first-order valence-electron chi connectivity index (χ1n) is 8.14. The van der Waals surface area contributed by atoms with Crippen molar-refractivity contribution in [2.24, 2.45) is 0 Å². The number of aryl methyl sites for hydroxylation is 2. The fraction of sp³-hybridized carbons (Fsp3) is 0.353. The normalized spacial score (nSPS) is 10.6. The molecule has 0 saturated heterocycles. The van der Waals surface area contributed by atoms with Gasteiger partial charge in [0.05, 0.1) is 17.2 Å². The Morgan fingerprint density at radius 2 is 2.11 bits per heavy atom. The number of carboxylic acid groups (broad SMARTS) is 1. The topological polar surface area (TPSA) is 127 Å². The number of nitrogens with zero attached hydrogens (tertiary/aromatic N) is 3. The standard InChI is InChI=1S/C17H20N4O5S/c1-11-17(21(25)26)12(2)20(19-11)7-6-15(22)18-14-5-3-4-13(8-14)9-27-10-16(23)24/h3-5,8H,6-7,9-10H2,1-2H3,(H,18,22)(H,23,24). The highest BCUT2D eigenvalue weighted by Crippen LogP contribution is 2.22. The van der Waals surface area contributed by atoms with Crippen LogP contribution in [0.4, 0.5) is 11.4 Å². The molecule has 2 aromatic rings. The number of carbonyl (C=O) groups excluding carboxylic acids is 1. The third kappa shape index (κ3) is 5.81. The van der Waals surface area contributed by atoms with Gasteiger partial charge in [0.25, 0.3) is 0 Å². The Morgan fingerprint density at radius 3 is 2.74 bits per heavy atom. The van der Waals surface area contributed by atoms with E-state index in [0.29, 0.717) is 22.8 Å². The molecule has 0 aliphatic rings. The number of aromatic nitrogens is 2. The van der Waals surface area contributed by atoms with E-state index < -0.39 is 10.9 Å². The third-order valence-electron chi connectivity index (χ3n) is 3.78. The zero-order valence-corrected chi connectivity index (χ0v) is 15.8. The molecule has 0 spiro atoms. The van der Waals surface area contributed by atoms with E-state index in [9.17, 15) is 19.7 Å². The van der Waals surface area contributed by atoms with Gasteiger partial charge in [0, 0.05) is 17.9 Å². The minimum absolute atomic E-state index is 0.0192. The van der Waals surface area contributed by atoms with Crippen molar-refractivity contribution in [2.45, 2.75) is 32.6 Å². The lowest BCUT2D eigenvalue weighted by Crippen LogP contribution is -2.15. The van der Waals surface area contributed by atoms with Crippen LogP contribution in [0, 0.1) is 24.0 Å². The van der Waals surface area contributed by atoms with Gasteiger partial charge in [0.1, 0.15) is 11.4 Å². The molecule has 0 saturated carbocycles. The summed E-state index contributed by atoms with van der Waals surface area (Å²) in [5.41, 5.74) is 2.25. The number of carbonyl (C=O) groups is 2. The average Bonchev–Trinajstić information content (AvgIpc) is 2.87. The smallest absolute Gasteiger partial charge is 0.313 e. The lowest BCUT2D eigenvalue weighted by molar-refractivity contribution is -0.386. The highest BCUT2D eigenvalue weighted by molar-refractivity contribution is 7.99. The molecular formula is C17H20N4O5S. The molecule has 0 radical (unpaired) electrons. The second-order valence-corrected chi connectivity index (χ2v) is 6.87. The van der Waals surface area contributed by atoms with Crippen molar-refractivity contribution in [3.8, 4) is 0 Å². The number of anilines is 1. The molecule has 0 aliphatic carbocycles. The summed E-state index contributed by atoms with van der Waals surface area (Å²) >= 11 is 1.28. The molecule has 0 aliphatic heterocycles. The zero-order valence-electron chi connectivity index (χ0n) is 15.0. The van der Waals surface area contributed by atoms with E-state index in [4.69, 9.17) is 5.11 Å². The van der Waals surface area contributed by atoms with E-state index >= 15 is 0 Å². The van der Waals surface area contributed by atoms with Gasteiger partial charge in [-0.15, -0.1) is 11.8 Å². The summed E-state index contributed by atoms with van der Waals surface area (Å²) < 4.78 is 1.46. The SMILES string of the molecule is Cc1nn(CCC(=O)Nc2cccc(CSCC(=O)O)c2)c(C)c1[N+](=O)[O-]. The molecule has 1 aromatic carbocycles. The fourth-order valence-electron chi connectivity index (χ4n) is 2.60. The highest BCUT2D eigenvalue weighted by Gasteiger charge is 2.21. The molecule has 0 bridgehead atoms. The second kappa shape index (κ2) is 9.17. The number of amides is 1. The van der Waals surface area contributed by atoms with Gasteiger partial charge in [-0.25, -0.2) is 0 Å². The number of rotatable bonds is 9. The highest BCUT2D eigenvalue weighted by atomic mass is 32.2. The Labute approximate surface area is 159 Å². The molecule has 1 aromatic heterocycles. The van der Waals surface area contributed by atoms with Crippen LogP contribution in [0.1, 0.15) is 23.4 Å². The largest absolute Gasteiger partial charge is 0.481 e. The molecule has 2 N–H and O–H groups in total. The molecule has 0 atom stereocenters. The number of thioether (sulfide) groups is 1. The van der Waals surface area contributed by atoms with Crippen LogP contribution < -0.4 is 5.32 Å². The van der Waals surface area contributed by atoms with Crippen LogP contribution in [0.25, 0.3) is 0 Å². The summed E-state index contributed by atoms with van der Waals surface area (Å²) in [7, 11) is 0. The lowest BCUT2D eigenvalue weighted by Gasteiger charge is -2.08. The monoisotopic (exact) mass is 392 g/mol. The Kier molecular flexibility index (Phi) is 6.94. The number of nitrogens with one attached hydrogen (secondary N) is 1. The molecule has 144 valence electrons. The molecule has 10 heteroatoms. The third-order valence-corrected chi connectivity index (χ3v) is 4.77. The summed E-state index contributed by atoms with van der Waals surface area (Å²) in [4.78, 5) is 33.3. The zero-order chi connectivity index (χ0) is 20.0. The van der Waals surface area contributed by atoms with E-state index in [2.05, 4.69) is 10.4 Å². The van der Waals surface area contributed by atoms with Crippen LogP contribution in [-0.4, -0.2) is 37.4 Å². The molecule has 9 nitrogen and oxygen atoms in total. The van der Waals surface area contributed by atoms with Crippen molar-refractivity contribution in [3.63, 3.8) is 0 Å². The number of hydrogen-bond acceptors (Lipinski definition) is 6. The van der Waals surface area contributed by atoms with Crippen LogP contribution >= 0.6 is 11.8 Å². The summed E-state index contributed by atoms with van der Waals surface area (Å²) in [5.74, 6) is -0.550. The van der Waals surface area contributed by atoms with Gasteiger partial charge in [0.15, 0.2) is 0 Å². The van der Waals surface area contributed by atoms with Crippen LogP contribution in [-0.2, 0) is 21.9 Å². The van der Waals surface area contributed by atoms with Crippen LogP contribution in [0.3, 0.4) is 0 Å². The van der Waals surface area contributed by atoms with E-state index in [1.54, 1.807) is 32.0 Å². The van der Waals surface area contributed by atoms with Crippen LogP contribution in [0.2, 0.25) is 0 Å². The van der Waals surface area contributed by atoms with Crippen molar-refractivity contribution in [3.05, 3.63) is 51.3 Å². The molecule has 2 rings (SSSR count). The van der Waals surface area contributed by atoms with Crippen molar-refractivity contribution in [2.75, 3.05) is 11.1 Å². The maximum atomic E-state index is 12.2. The second-order valence-electron chi connectivity index (χ2n) is 5.88. The predicted molar refractivity (Wildman–Crippen MR) is 102 cm³/mol. The lowest BCUT2D eigenvalue weighted by atomic mass is 10.2. The Hall–Kier alpha value is -2.88. The van der Waals surface area contributed by atoms with Crippen LogP contribution in [0.15, 0.2) is 24.3 Å². The molecular weight excluding hydrogens is 372 g/mol. The molecule has 1 heterocycles. The summed E-state index contributed by atoms with van der Waals surface area (Å²) in [6, 6.07) is 7.19. The van der Waals surface area contributed by atoms with Crippen LogP contribution in [0.5, 0.6) is 0 Å². The number of carboxylic acids is 1. The van der Waals surface area contributed by atoms with Gasteiger partial charge in [-0.05, 0) is 31.5 Å². The average molecular weight is 392 g/mol. The summed E-state index contributed by atoms with van der Waals surface area (Å²) in [5, 5.41) is 26.6. The Bertz CT molecular complexity index is 865. The van der Waals surface area contributed by atoms with E-state index in [-0.39, 0.29) is 30.3 Å². The van der Waals surface area contributed by atoms with Crippen molar-refractivity contribution in [1.82, 2.24) is 9.78 Å². The van der Waals surface area contributed by atoms with Gasteiger partial charge in [-0.1, -0.05) is 12.1 Å². The first-order valence-corrected chi connectivity index (χ1v) is 9.30. The summed E-state index contributed by atoms with van der Waals surface area (Å²) in [6.07, 6.45) is 0.122. The minimum atomic E-state index is -0.867. The quantitative estimate of drug-likeness (QED) is 0.496. The van der Waals surface area contributed by atoms with E-state index in [1.165, 1.54) is 16.4 Å². The van der Waals surface area contributed by atoms with Gasteiger partial charge in [0.2, 0.25) is 5.91 Å². The van der Waals surface area contributed by atoms with Gasteiger partial charge < -0.3 is 10.4 Å². The maximum Gasteiger partial charge on any atom is 0.313 e. The molecule has 27 heavy (non-hydrogen) atoms. The Morgan fingerprint density at radius 1 is 1.37 bits per heavy atom. The predicted octanol–water partition coefficient (Wildman–Crippen LogP) is 2.75. The number of hydrogen-bond donors (Lipinski definition) is 2. The first kappa shape index (κ1) is 20.4. The van der Waals surface area contributed by atoms with Crippen molar-refractivity contribution in [1.29, 1.82) is 0 Å².